The largest absolute Gasteiger partial charge is 0.0475 e. The molecule has 8 aliphatic rings. The molecule has 8 rings (SSSR count). The molecule has 0 N–H and O–H groups in total. The van der Waals surface area contributed by atoms with Crippen molar-refractivity contribution < 1.29 is 0 Å². The molecule has 0 saturated heterocycles. The van der Waals surface area contributed by atoms with E-state index >= 15 is 0 Å². The molecule has 20 heavy (non-hydrogen) atoms. The van der Waals surface area contributed by atoms with Gasteiger partial charge in [0.25, 0.3) is 0 Å². The quantitative estimate of drug-likeness (QED) is 0.599. The topological polar surface area (TPSA) is 0 Å². The Kier molecular flexibility index (Phi) is 2.02. The Hall–Kier alpha value is 0. The second kappa shape index (κ2) is 3.49. The zero-order chi connectivity index (χ0) is 12.9. The van der Waals surface area contributed by atoms with E-state index in [0.717, 1.165) is 40.4 Å². The minimum absolute atomic E-state index is 0.822. The van der Waals surface area contributed by atoms with Gasteiger partial charge in [-0.2, -0.15) is 0 Å². The molecule has 0 aromatic carbocycles. The summed E-state index contributed by atoms with van der Waals surface area (Å²) >= 11 is 0. The lowest BCUT2D eigenvalue weighted by Crippen LogP contribution is -2.60. The molecule has 0 aromatic heterocycles. The number of rotatable bonds is 1. The molecule has 8 fully saturated rings. The normalized spacial score (nSPS) is 63.3. The summed E-state index contributed by atoms with van der Waals surface area (Å²) in [4.78, 5) is 0. The van der Waals surface area contributed by atoms with Crippen molar-refractivity contribution in [3.8, 4) is 0 Å². The van der Waals surface area contributed by atoms with Crippen LogP contribution in [0.25, 0.3) is 0 Å². The minimum atomic E-state index is 0.822. The Bertz CT molecular complexity index is 332. The van der Waals surface area contributed by atoms with Gasteiger partial charge in [-0.25, -0.2) is 0 Å². The van der Waals surface area contributed by atoms with Crippen molar-refractivity contribution in [1.29, 1.82) is 0 Å². The highest BCUT2D eigenvalue weighted by molar-refractivity contribution is 5.20. The van der Waals surface area contributed by atoms with Gasteiger partial charge in [0.2, 0.25) is 0 Å². The molecular formula is C20H29. The number of hydrogen-bond acceptors (Lipinski definition) is 0. The van der Waals surface area contributed by atoms with E-state index in [0.29, 0.717) is 0 Å². The molecule has 0 nitrogen and oxygen atoms in total. The first-order valence-electron chi connectivity index (χ1n) is 9.56. The smallest absolute Gasteiger partial charge is 0.0230 e. The monoisotopic (exact) mass is 269 g/mol. The van der Waals surface area contributed by atoms with Crippen LogP contribution < -0.4 is 0 Å². The molecule has 1 radical (unpaired) electrons. The van der Waals surface area contributed by atoms with Crippen molar-refractivity contribution in [3.05, 3.63) is 5.92 Å². The fraction of sp³-hybridized carbons (Fsp3) is 0.950. The fourth-order valence-corrected chi connectivity index (χ4v) is 9.19. The molecule has 8 saturated carbocycles. The van der Waals surface area contributed by atoms with Gasteiger partial charge in [-0.05, 0) is 123 Å². The summed E-state index contributed by atoms with van der Waals surface area (Å²) < 4.78 is 0. The van der Waals surface area contributed by atoms with E-state index in [4.69, 9.17) is 0 Å². The van der Waals surface area contributed by atoms with E-state index in [1.807, 2.05) is 5.92 Å². The van der Waals surface area contributed by atoms with Crippen LogP contribution in [-0.2, 0) is 0 Å². The molecule has 109 valence electrons. The van der Waals surface area contributed by atoms with Gasteiger partial charge in [0, 0.05) is 0 Å². The molecule has 2 atom stereocenters. The minimum Gasteiger partial charge on any atom is -0.0475 e. The molecule has 0 heterocycles. The average molecular weight is 269 g/mol. The van der Waals surface area contributed by atoms with Gasteiger partial charge >= 0.3 is 0 Å². The Labute approximate surface area is 124 Å². The highest BCUT2D eigenvalue weighted by Gasteiger charge is 2.64. The molecule has 0 amide bonds. The molecule has 0 aliphatic heterocycles. The third-order valence-electron chi connectivity index (χ3n) is 8.93. The van der Waals surface area contributed by atoms with Crippen molar-refractivity contribution in [2.24, 2.45) is 40.4 Å². The number of hydrogen-bond donors (Lipinski definition) is 0. The van der Waals surface area contributed by atoms with E-state index < -0.39 is 0 Å². The van der Waals surface area contributed by atoms with Crippen molar-refractivity contribution in [2.45, 2.75) is 77.0 Å². The highest BCUT2D eigenvalue weighted by atomic mass is 14.7. The van der Waals surface area contributed by atoms with E-state index in [1.165, 1.54) is 0 Å². The summed E-state index contributed by atoms with van der Waals surface area (Å²) in [6.07, 6.45) is 19.4. The van der Waals surface area contributed by atoms with Crippen LogP contribution in [0.15, 0.2) is 0 Å². The summed E-state index contributed by atoms with van der Waals surface area (Å²) in [5.74, 6) is 7.73. The summed E-state index contributed by atoms with van der Waals surface area (Å²) in [5, 5.41) is 0. The molecule has 0 spiro atoms. The van der Waals surface area contributed by atoms with Gasteiger partial charge in [-0.15, -0.1) is 0 Å². The van der Waals surface area contributed by atoms with Gasteiger partial charge in [0.1, 0.15) is 0 Å². The molecule has 2 unspecified atom stereocenters. The zero-order valence-corrected chi connectivity index (χ0v) is 12.9. The molecule has 8 bridgehead atoms. The van der Waals surface area contributed by atoms with Gasteiger partial charge < -0.3 is 0 Å². The highest BCUT2D eigenvalue weighted by Crippen LogP contribution is 2.75. The fourth-order valence-electron chi connectivity index (χ4n) is 9.19. The Morgan fingerprint density at radius 3 is 1.50 bits per heavy atom. The van der Waals surface area contributed by atoms with Crippen molar-refractivity contribution in [1.82, 2.24) is 0 Å². The maximum Gasteiger partial charge on any atom is -0.0230 e. The predicted octanol–water partition coefficient (Wildman–Crippen LogP) is 5.38. The third-order valence-corrected chi connectivity index (χ3v) is 8.93. The zero-order valence-electron chi connectivity index (χ0n) is 12.9. The van der Waals surface area contributed by atoms with Crippen molar-refractivity contribution in [3.63, 3.8) is 0 Å². The Morgan fingerprint density at radius 2 is 1.00 bits per heavy atom. The lowest BCUT2D eigenvalue weighted by atomic mass is 9.35. The first-order chi connectivity index (χ1) is 9.72. The summed E-state index contributed by atoms with van der Waals surface area (Å²) in [7, 11) is 0. The van der Waals surface area contributed by atoms with Crippen LogP contribution in [0.3, 0.4) is 0 Å². The second-order valence-electron chi connectivity index (χ2n) is 10.2. The van der Waals surface area contributed by atoms with Crippen LogP contribution in [0.4, 0.5) is 0 Å². The first kappa shape index (κ1) is 11.6. The van der Waals surface area contributed by atoms with Crippen LogP contribution in [0, 0.1) is 46.3 Å². The van der Waals surface area contributed by atoms with Gasteiger partial charge in [0.05, 0.1) is 0 Å². The maximum atomic E-state index is 2.03. The van der Waals surface area contributed by atoms with Crippen LogP contribution in [0.1, 0.15) is 77.0 Å². The molecule has 0 heteroatoms. The predicted molar refractivity (Wildman–Crippen MR) is 81.0 cm³/mol. The standard InChI is InChI=1S/C20H29/c1-13-2-15-3-14(1)8-19(7-13,9-15)20-10-16-4-17(11-20)6-18(5-16)12-20/h13-17H,1-12H2. The van der Waals surface area contributed by atoms with Crippen molar-refractivity contribution >= 4 is 0 Å². The van der Waals surface area contributed by atoms with Crippen LogP contribution in [0.5, 0.6) is 0 Å². The summed E-state index contributed by atoms with van der Waals surface area (Å²) in [5.41, 5.74) is 1.66. The molecule has 8 aliphatic carbocycles. The van der Waals surface area contributed by atoms with E-state index in [2.05, 4.69) is 0 Å². The first-order valence-corrected chi connectivity index (χ1v) is 9.56. The lowest BCUT2D eigenvalue weighted by Gasteiger charge is -2.70. The third kappa shape index (κ3) is 1.31. The Morgan fingerprint density at radius 1 is 0.550 bits per heavy atom. The Balaban J connectivity index is 1.44. The lowest BCUT2D eigenvalue weighted by molar-refractivity contribution is -0.179. The van der Waals surface area contributed by atoms with Crippen LogP contribution in [0.2, 0.25) is 0 Å². The van der Waals surface area contributed by atoms with Crippen molar-refractivity contribution in [2.75, 3.05) is 0 Å². The summed E-state index contributed by atoms with van der Waals surface area (Å²) in [6.45, 7) is 0. The molecular weight excluding hydrogens is 240 g/mol. The average Bonchev–Trinajstić information content (AvgIpc) is 2.35. The van der Waals surface area contributed by atoms with Gasteiger partial charge in [-0.1, -0.05) is 0 Å². The van der Waals surface area contributed by atoms with E-state index in [-0.39, 0.29) is 0 Å². The van der Waals surface area contributed by atoms with Crippen LogP contribution in [-0.4, -0.2) is 0 Å². The second-order valence-corrected chi connectivity index (χ2v) is 10.2. The van der Waals surface area contributed by atoms with E-state index in [1.54, 1.807) is 77.0 Å². The summed E-state index contributed by atoms with van der Waals surface area (Å²) in [6, 6.07) is 0. The SMILES string of the molecule is C1[C]2CC3CC1CC(C14CC5CC(CC(C5)C1)C4)(C2)C3. The molecule has 0 aromatic rings. The van der Waals surface area contributed by atoms with Crippen LogP contribution >= 0.6 is 0 Å². The van der Waals surface area contributed by atoms with E-state index in [9.17, 15) is 0 Å². The maximum absolute atomic E-state index is 2.03. The van der Waals surface area contributed by atoms with Gasteiger partial charge in [0.15, 0.2) is 0 Å². The van der Waals surface area contributed by atoms with Gasteiger partial charge in [-0.3, -0.25) is 0 Å².